The van der Waals surface area contributed by atoms with Gasteiger partial charge in [0.2, 0.25) is 11.8 Å². The Morgan fingerprint density at radius 3 is 2.82 bits per heavy atom. The topological polar surface area (TPSA) is 60.0 Å². The quantitative estimate of drug-likeness (QED) is 0.871. The Morgan fingerprint density at radius 1 is 1.18 bits per heavy atom. The second-order valence-electron chi connectivity index (χ2n) is 6.47. The van der Waals surface area contributed by atoms with Crippen molar-refractivity contribution in [1.82, 2.24) is 24.6 Å². The molecule has 4 rings (SSSR count). The van der Waals surface area contributed by atoms with Crippen molar-refractivity contribution in [3.8, 4) is 0 Å². The summed E-state index contributed by atoms with van der Waals surface area (Å²) >= 11 is 0. The zero-order chi connectivity index (χ0) is 15.1. The third kappa shape index (κ3) is 2.35. The van der Waals surface area contributed by atoms with Crippen molar-refractivity contribution in [3.05, 3.63) is 29.0 Å². The highest BCUT2D eigenvalue weighted by Crippen LogP contribution is 2.34. The van der Waals surface area contributed by atoms with Crippen LogP contribution >= 0.6 is 0 Å². The number of aromatic nitrogens is 4. The minimum Gasteiger partial charge on any atom is -0.424 e. The predicted octanol–water partition coefficient (Wildman–Crippen LogP) is 2.33. The first-order chi connectivity index (χ1) is 10.7. The van der Waals surface area contributed by atoms with Crippen LogP contribution in [0.15, 0.2) is 4.42 Å². The van der Waals surface area contributed by atoms with E-state index >= 15 is 0 Å². The van der Waals surface area contributed by atoms with Gasteiger partial charge >= 0.3 is 0 Å². The molecule has 0 bridgehead atoms. The van der Waals surface area contributed by atoms with Gasteiger partial charge in [0.1, 0.15) is 5.82 Å². The van der Waals surface area contributed by atoms with Gasteiger partial charge in [-0.3, -0.25) is 4.90 Å². The number of aryl methyl sites for hydroxylation is 2. The molecule has 3 heterocycles. The Bertz CT molecular complexity index is 674. The largest absolute Gasteiger partial charge is 0.424 e. The first-order valence-corrected chi connectivity index (χ1v) is 8.30. The molecule has 2 aromatic heterocycles. The van der Waals surface area contributed by atoms with Crippen LogP contribution in [0.3, 0.4) is 0 Å². The van der Waals surface area contributed by atoms with Crippen molar-refractivity contribution in [2.24, 2.45) is 7.05 Å². The number of imidazole rings is 1. The lowest BCUT2D eigenvalue weighted by molar-refractivity contribution is 0.212. The molecule has 1 unspecified atom stereocenters. The molecule has 0 spiro atoms. The molecule has 1 aliphatic carbocycles. The first kappa shape index (κ1) is 13.9. The van der Waals surface area contributed by atoms with Crippen molar-refractivity contribution >= 4 is 0 Å². The zero-order valence-corrected chi connectivity index (χ0v) is 13.4. The molecule has 0 amide bonds. The normalized spacial score (nSPS) is 22.2. The smallest absolute Gasteiger partial charge is 0.230 e. The van der Waals surface area contributed by atoms with E-state index in [1.807, 2.05) is 6.92 Å². The monoisotopic (exact) mass is 301 g/mol. The highest BCUT2D eigenvalue weighted by Gasteiger charge is 2.32. The number of hydrogen-bond donors (Lipinski definition) is 0. The average Bonchev–Trinajstić information content (AvgIpc) is 3.21. The summed E-state index contributed by atoms with van der Waals surface area (Å²) in [5, 5.41) is 8.07. The number of likely N-dealkylation sites (tertiary alicyclic amines) is 1. The molecular formula is C16H23N5O. The maximum atomic E-state index is 5.55. The van der Waals surface area contributed by atoms with E-state index < -0.39 is 0 Å². The lowest BCUT2D eigenvalue weighted by Crippen LogP contribution is -2.25. The van der Waals surface area contributed by atoms with Crippen molar-refractivity contribution in [2.45, 2.75) is 58.0 Å². The maximum absolute atomic E-state index is 5.55. The molecular weight excluding hydrogens is 278 g/mol. The van der Waals surface area contributed by atoms with Crippen molar-refractivity contribution in [3.63, 3.8) is 0 Å². The minimum absolute atomic E-state index is 0.378. The predicted molar refractivity (Wildman–Crippen MR) is 81.3 cm³/mol. The summed E-state index contributed by atoms with van der Waals surface area (Å²) in [6.45, 7) is 3.64. The standard InChI is InChI=1S/C16H23N5O/c1-11-18-19-15(22-11)10-21-9-5-8-14(21)16-17-12-6-3-4-7-13(12)20(16)2/h14H,3-10H2,1-2H3. The molecule has 1 atom stereocenters. The van der Waals surface area contributed by atoms with E-state index in [4.69, 9.17) is 9.40 Å². The van der Waals surface area contributed by atoms with Gasteiger partial charge in [0.05, 0.1) is 18.3 Å². The van der Waals surface area contributed by atoms with E-state index in [1.165, 1.54) is 42.9 Å². The Hall–Kier alpha value is -1.69. The molecule has 0 saturated carbocycles. The van der Waals surface area contributed by atoms with Crippen LogP contribution in [0.2, 0.25) is 0 Å². The van der Waals surface area contributed by atoms with Crippen molar-refractivity contribution < 1.29 is 4.42 Å². The van der Waals surface area contributed by atoms with Gasteiger partial charge < -0.3 is 8.98 Å². The average molecular weight is 301 g/mol. The summed E-state index contributed by atoms with van der Waals surface area (Å²) in [6, 6.07) is 0.378. The Kier molecular flexibility index (Phi) is 3.48. The van der Waals surface area contributed by atoms with E-state index in [1.54, 1.807) is 0 Å². The number of nitrogens with zero attached hydrogens (tertiary/aromatic N) is 5. The zero-order valence-electron chi connectivity index (χ0n) is 13.4. The lowest BCUT2D eigenvalue weighted by atomic mass is 10.0. The molecule has 0 aromatic carbocycles. The maximum Gasteiger partial charge on any atom is 0.230 e. The van der Waals surface area contributed by atoms with Crippen LogP contribution in [-0.4, -0.2) is 31.2 Å². The van der Waals surface area contributed by atoms with Gasteiger partial charge in [0, 0.05) is 19.7 Å². The van der Waals surface area contributed by atoms with Gasteiger partial charge in [-0.1, -0.05) is 0 Å². The van der Waals surface area contributed by atoms with Crippen LogP contribution in [-0.2, 0) is 26.4 Å². The second kappa shape index (κ2) is 5.50. The van der Waals surface area contributed by atoms with Crippen LogP contribution in [0.1, 0.15) is 60.7 Å². The van der Waals surface area contributed by atoms with Crippen LogP contribution < -0.4 is 0 Å². The second-order valence-corrected chi connectivity index (χ2v) is 6.47. The number of fused-ring (bicyclic) bond motifs is 1. The molecule has 0 radical (unpaired) electrons. The van der Waals surface area contributed by atoms with E-state index in [2.05, 4.69) is 26.7 Å². The van der Waals surface area contributed by atoms with Crippen molar-refractivity contribution in [2.75, 3.05) is 6.54 Å². The summed E-state index contributed by atoms with van der Waals surface area (Å²) < 4.78 is 7.89. The van der Waals surface area contributed by atoms with Gasteiger partial charge in [-0.05, 0) is 45.1 Å². The SMILES string of the molecule is Cc1nnc(CN2CCCC2c2nc3c(n2C)CCCC3)o1. The highest BCUT2D eigenvalue weighted by atomic mass is 16.4. The fraction of sp³-hybridized carbons (Fsp3) is 0.688. The fourth-order valence-corrected chi connectivity index (χ4v) is 3.89. The molecule has 118 valence electrons. The fourth-order valence-electron chi connectivity index (χ4n) is 3.89. The first-order valence-electron chi connectivity index (χ1n) is 8.30. The summed E-state index contributed by atoms with van der Waals surface area (Å²) in [5.41, 5.74) is 2.77. The van der Waals surface area contributed by atoms with Crippen LogP contribution in [0, 0.1) is 6.92 Å². The molecule has 6 nitrogen and oxygen atoms in total. The Balaban J connectivity index is 1.59. The molecule has 22 heavy (non-hydrogen) atoms. The van der Waals surface area contributed by atoms with Crippen LogP contribution in [0.4, 0.5) is 0 Å². The Labute approximate surface area is 130 Å². The summed E-state index contributed by atoms with van der Waals surface area (Å²) in [5.74, 6) is 2.57. The van der Waals surface area contributed by atoms with Gasteiger partial charge in [-0.2, -0.15) is 0 Å². The Morgan fingerprint density at radius 2 is 2.05 bits per heavy atom. The third-order valence-corrected chi connectivity index (χ3v) is 4.98. The minimum atomic E-state index is 0.378. The molecule has 1 fully saturated rings. The third-order valence-electron chi connectivity index (χ3n) is 4.98. The molecule has 6 heteroatoms. The van der Waals surface area contributed by atoms with E-state index in [0.717, 1.165) is 25.9 Å². The molecule has 1 aliphatic heterocycles. The van der Waals surface area contributed by atoms with Crippen LogP contribution in [0.5, 0.6) is 0 Å². The summed E-state index contributed by atoms with van der Waals surface area (Å²) in [7, 11) is 2.18. The molecule has 0 N–H and O–H groups in total. The van der Waals surface area contributed by atoms with Crippen LogP contribution in [0.25, 0.3) is 0 Å². The molecule has 2 aromatic rings. The van der Waals surface area contributed by atoms with Gasteiger partial charge in [0.25, 0.3) is 0 Å². The number of hydrogen-bond acceptors (Lipinski definition) is 5. The van der Waals surface area contributed by atoms with E-state index in [-0.39, 0.29) is 0 Å². The summed E-state index contributed by atoms with van der Waals surface area (Å²) in [4.78, 5) is 7.42. The molecule has 1 saturated heterocycles. The van der Waals surface area contributed by atoms with Gasteiger partial charge in [0.15, 0.2) is 0 Å². The summed E-state index contributed by atoms with van der Waals surface area (Å²) in [6.07, 6.45) is 7.25. The van der Waals surface area contributed by atoms with E-state index in [9.17, 15) is 0 Å². The highest BCUT2D eigenvalue weighted by molar-refractivity contribution is 5.22. The number of rotatable bonds is 3. The lowest BCUT2D eigenvalue weighted by Gasteiger charge is -2.22. The van der Waals surface area contributed by atoms with E-state index in [0.29, 0.717) is 17.8 Å². The molecule has 2 aliphatic rings. The van der Waals surface area contributed by atoms with Gasteiger partial charge in [-0.25, -0.2) is 4.98 Å². The van der Waals surface area contributed by atoms with Crippen molar-refractivity contribution in [1.29, 1.82) is 0 Å². The van der Waals surface area contributed by atoms with Gasteiger partial charge in [-0.15, -0.1) is 10.2 Å².